The maximum absolute atomic E-state index is 9.17. The lowest BCUT2D eigenvalue weighted by Crippen LogP contribution is -2.10. The van der Waals surface area contributed by atoms with Gasteiger partial charge in [0, 0.05) is 18.9 Å². The lowest BCUT2D eigenvalue weighted by molar-refractivity contribution is 0.925. The number of nitrogens with zero attached hydrogens (tertiary/aromatic N) is 4. The van der Waals surface area contributed by atoms with Crippen molar-refractivity contribution in [1.29, 1.82) is 5.26 Å². The average Bonchev–Trinajstić information content (AvgIpc) is 2.44. The molecular formula is C14H15N5. The maximum atomic E-state index is 9.17. The fourth-order valence-corrected chi connectivity index (χ4v) is 1.74. The number of nitrogens with one attached hydrogen (secondary N) is 1. The molecule has 2 heterocycles. The highest BCUT2D eigenvalue weighted by Crippen LogP contribution is 2.16. The van der Waals surface area contributed by atoms with Gasteiger partial charge in [-0.2, -0.15) is 10.4 Å². The Bertz CT molecular complexity index is 601. The van der Waals surface area contributed by atoms with Crippen molar-refractivity contribution in [2.45, 2.75) is 20.3 Å². The summed E-state index contributed by atoms with van der Waals surface area (Å²) in [6.07, 6.45) is 4.41. The number of nitriles is 1. The van der Waals surface area contributed by atoms with E-state index in [1.807, 2.05) is 32.2 Å². The Hall–Kier alpha value is -2.48. The Labute approximate surface area is 112 Å². The molecule has 19 heavy (non-hydrogen) atoms. The normalized spacial score (nSPS) is 9.95. The van der Waals surface area contributed by atoms with E-state index in [9.17, 15) is 5.26 Å². The maximum Gasteiger partial charge on any atom is 0.166 e. The monoisotopic (exact) mass is 253 g/mol. The zero-order valence-electron chi connectivity index (χ0n) is 11.0. The second-order valence-corrected chi connectivity index (χ2v) is 4.28. The van der Waals surface area contributed by atoms with Gasteiger partial charge in [0.15, 0.2) is 5.82 Å². The topological polar surface area (TPSA) is 74.5 Å². The molecule has 0 saturated heterocycles. The first kappa shape index (κ1) is 13.0. The van der Waals surface area contributed by atoms with Gasteiger partial charge >= 0.3 is 0 Å². The minimum Gasteiger partial charge on any atom is -0.367 e. The van der Waals surface area contributed by atoms with Crippen LogP contribution in [0.5, 0.6) is 0 Å². The molecule has 0 bridgehead atoms. The summed E-state index contributed by atoms with van der Waals surface area (Å²) in [6, 6.07) is 6.10. The van der Waals surface area contributed by atoms with Crippen molar-refractivity contribution in [3.8, 4) is 6.07 Å². The quantitative estimate of drug-likeness (QED) is 0.902. The highest BCUT2D eigenvalue weighted by atomic mass is 15.2. The number of pyridine rings is 1. The smallest absolute Gasteiger partial charge is 0.166 e. The van der Waals surface area contributed by atoms with E-state index in [0.29, 0.717) is 17.9 Å². The van der Waals surface area contributed by atoms with Crippen LogP contribution in [0.2, 0.25) is 0 Å². The van der Waals surface area contributed by atoms with Gasteiger partial charge in [0.05, 0.1) is 5.69 Å². The summed E-state index contributed by atoms with van der Waals surface area (Å²) >= 11 is 0. The zero-order valence-corrected chi connectivity index (χ0v) is 11.0. The van der Waals surface area contributed by atoms with E-state index in [1.54, 1.807) is 6.20 Å². The van der Waals surface area contributed by atoms with Gasteiger partial charge < -0.3 is 5.32 Å². The molecule has 0 fully saturated rings. The predicted octanol–water partition coefficient (Wildman–Crippen LogP) is 2.01. The molecule has 0 radical (unpaired) electrons. The Kier molecular flexibility index (Phi) is 4.04. The number of rotatable bonds is 4. The molecule has 2 aromatic rings. The van der Waals surface area contributed by atoms with Crippen LogP contribution in [0.4, 0.5) is 5.82 Å². The summed E-state index contributed by atoms with van der Waals surface area (Å²) in [7, 11) is 0. The van der Waals surface area contributed by atoms with Gasteiger partial charge in [-0.1, -0.05) is 6.07 Å². The molecule has 2 rings (SSSR count). The van der Waals surface area contributed by atoms with Crippen molar-refractivity contribution in [2.75, 3.05) is 11.9 Å². The van der Waals surface area contributed by atoms with Gasteiger partial charge in [-0.15, -0.1) is 5.10 Å². The largest absolute Gasteiger partial charge is 0.367 e. The Balaban J connectivity index is 2.05. The standard InChI is InChI=1S/C14H15N5/c1-10-11(2)18-19-14(13(10)8-15)17-7-5-12-4-3-6-16-9-12/h3-4,6,9H,5,7H2,1-2H3,(H,17,19). The SMILES string of the molecule is Cc1nnc(NCCc2cccnc2)c(C#N)c1C. The van der Waals surface area contributed by atoms with Gasteiger partial charge in [-0.3, -0.25) is 4.98 Å². The number of aryl methyl sites for hydroxylation is 1. The molecule has 5 heteroatoms. The van der Waals surface area contributed by atoms with E-state index in [0.717, 1.165) is 23.2 Å². The Morgan fingerprint density at radius 1 is 1.32 bits per heavy atom. The first-order chi connectivity index (χ1) is 9.22. The van der Waals surface area contributed by atoms with Crippen molar-refractivity contribution in [1.82, 2.24) is 15.2 Å². The first-order valence-electron chi connectivity index (χ1n) is 6.09. The van der Waals surface area contributed by atoms with Crippen LogP contribution < -0.4 is 5.32 Å². The van der Waals surface area contributed by atoms with Crippen molar-refractivity contribution >= 4 is 5.82 Å². The summed E-state index contributed by atoms with van der Waals surface area (Å²) in [4.78, 5) is 4.06. The highest BCUT2D eigenvalue weighted by molar-refractivity contribution is 5.55. The molecule has 0 aliphatic heterocycles. The third-order valence-electron chi connectivity index (χ3n) is 3.00. The van der Waals surface area contributed by atoms with Gasteiger partial charge in [-0.05, 0) is 37.5 Å². The second kappa shape index (κ2) is 5.91. The molecule has 5 nitrogen and oxygen atoms in total. The molecule has 0 spiro atoms. The minimum absolute atomic E-state index is 0.550. The van der Waals surface area contributed by atoms with E-state index >= 15 is 0 Å². The average molecular weight is 253 g/mol. The third kappa shape index (κ3) is 3.05. The van der Waals surface area contributed by atoms with E-state index in [-0.39, 0.29) is 0 Å². The van der Waals surface area contributed by atoms with Crippen LogP contribution in [0.1, 0.15) is 22.4 Å². The molecule has 0 aliphatic carbocycles. The van der Waals surface area contributed by atoms with E-state index < -0.39 is 0 Å². The molecule has 1 N–H and O–H groups in total. The number of hydrogen-bond donors (Lipinski definition) is 1. The number of aromatic nitrogens is 3. The molecule has 0 saturated carbocycles. The summed E-state index contributed by atoms with van der Waals surface area (Å²) in [5.41, 5.74) is 3.37. The van der Waals surface area contributed by atoms with Crippen molar-refractivity contribution in [3.05, 3.63) is 46.9 Å². The highest BCUT2D eigenvalue weighted by Gasteiger charge is 2.09. The molecule has 0 unspecified atom stereocenters. The Morgan fingerprint density at radius 2 is 2.16 bits per heavy atom. The van der Waals surface area contributed by atoms with Crippen LogP contribution in [-0.4, -0.2) is 21.7 Å². The lowest BCUT2D eigenvalue weighted by atomic mass is 10.1. The minimum atomic E-state index is 0.550. The fourth-order valence-electron chi connectivity index (χ4n) is 1.74. The molecule has 0 aliphatic rings. The van der Waals surface area contributed by atoms with Crippen LogP contribution in [0.3, 0.4) is 0 Å². The summed E-state index contributed by atoms with van der Waals surface area (Å²) < 4.78 is 0. The summed E-state index contributed by atoms with van der Waals surface area (Å²) in [6.45, 7) is 4.43. The van der Waals surface area contributed by atoms with Crippen LogP contribution in [0, 0.1) is 25.2 Å². The van der Waals surface area contributed by atoms with E-state index in [2.05, 4.69) is 26.6 Å². The first-order valence-corrected chi connectivity index (χ1v) is 6.09. The van der Waals surface area contributed by atoms with E-state index in [4.69, 9.17) is 0 Å². The van der Waals surface area contributed by atoms with Crippen molar-refractivity contribution in [3.63, 3.8) is 0 Å². The predicted molar refractivity (Wildman–Crippen MR) is 72.7 cm³/mol. The second-order valence-electron chi connectivity index (χ2n) is 4.28. The lowest BCUT2D eigenvalue weighted by Gasteiger charge is -2.09. The molecule has 0 amide bonds. The zero-order chi connectivity index (χ0) is 13.7. The molecule has 0 aromatic carbocycles. The van der Waals surface area contributed by atoms with Crippen LogP contribution in [0.15, 0.2) is 24.5 Å². The van der Waals surface area contributed by atoms with Crippen LogP contribution in [-0.2, 0) is 6.42 Å². The van der Waals surface area contributed by atoms with Crippen molar-refractivity contribution < 1.29 is 0 Å². The van der Waals surface area contributed by atoms with E-state index in [1.165, 1.54) is 0 Å². The fraction of sp³-hybridized carbons (Fsp3) is 0.286. The Morgan fingerprint density at radius 3 is 2.84 bits per heavy atom. The van der Waals surface area contributed by atoms with Crippen LogP contribution in [0.25, 0.3) is 0 Å². The molecule has 96 valence electrons. The summed E-state index contributed by atoms with van der Waals surface area (Å²) in [5, 5.41) is 20.4. The molecule has 0 atom stereocenters. The van der Waals surface area contributed by atoms with Crippen molar-refractivity contribution in [2.24, 2.45) is 0 Å². The third-order valence-corrected chi connectivity index (χ3v) is 3.00. The van der Waals surface area contributed by atoms with Crippen LogP contribution >= 0.6 is 0 Å². The number of hydrogen-bond acceptors (Lipinski definition) is 5. The molecule has 2 aromatic heterocycles. The summed E-state index contributed by atoms with van der Waals surface area (Å²) in [5.74, 6) is 0.550. The number of anilines is 1. The van der Waals surface area contributed by atoms with Gasteiger partial charge in [0.2, 0.25) is 0 Å². The van der Waals surface area contributed by atoms with Gasteiger partial charge in [-0.25, -0.2) is 0 Å². The van der Waals surface area contributed by atoms with Gasteiger partial charge in [0.1, 0.15) is 11.6 Å². The molecular weight excluding hydrogens is 238 g/mol. The van der Waals surface area contributed by atoms with Gasteiger partial charge in [0.25, 0.3) is 0 Å².